The standard InChI is InChI=1S/C10H14N2O3.C10H20O2/c11-8(13)4-2-1-3-7-12-9(14)5-6-10(12)15;1-9(2)5-8-12-10(3,4)6-7-11/h5-6H,1-4,7H2,(H2,11,13);7,9H,5-6,8H2,1-4H3. The Balaban J connectivity index is 0.000000516. The second-order valence-electron chi connectivity index (χ2n) is 7.60. The van der Waals surface area contributed by atoms with Gasteiger partial charge in [0.25, 0.3) is 11.8 Å². The second-order valence-corrected chi connectivity index (χ2v) is 7.60. The summed E-state index contributed by atoms with van der Waals surface area (Å²) < 4.78 is 5.55. The number of primary amides is 1. The van der Waals surface area contributed by atoms with Crippen molar-refractivity contribution in [1.82, 2.24) is 4.90 Å². The molecule has 0 aliphatic carbocycles. The topological polar surface area (TPSA) is 107 Å². The van der Waals surface area contributed by atoms with Crippen molar-refractivity contribution in [2.75, 3.05) is 13.2 Å². The van der Waals surface area contributed by atoms with Crippen LogP contribution in [0.25, 0.3) is 0 Å². The summed E-state index contributed by atoms with van der Waals surface area (Å²) in [6.07, 6.45) is 7.56. The van der Waals surface area contributed by atoms with E-state index in [-0.39, 0.29) is 23.3 Å². The Morgan fingerprint density at radius 2 is 1.78 bits per heavy atom. The van der Waals surface area contributed by atoms with Crippen molar-refractivity contribution in [1.29, 1.82) is 0 Å². The van der Waals surface area contributed by atoms with E-state index in [9.17, 15) is 19.2 Å². The van der Waals surface area contributed by atoms with E-state index in [4.69, 9.17) is 10.5 Å². The molecule has 0 fully saturated rings. The Labute approximate surface area is 162 Å². The number of carbonyl (C=O) groups excluding carboxylic acids is 4. The monoisotopic (exact) mass is 382 g/mol. The van der Waals surface area contributed by atoms with Crippen LogP contribution in [-0.2, 0) is 23.9 Å². The number of aldehydes is 1. The average molecular weight is 383 g/mol. The van der Waals surface area contributed by atoms with Crippen LogP contribution in [0, 0.1) is 5.92 Å². The summed E-state index contributed by atoms with van der Waals surface area (Å²) >= 11 is 0. The van der Waals surface area contributed by atoms with Crippen molar-refractivity contribution in [3.8, 4) is 0 Å². The molecule has 7 heteroatoms. The quantitative estimate of drug-likeness (QED) is 0.317. The third-order valence-corrected chi connectivity index (χ3v) is 3.97. The third kappa shape index (κ3) is 12.9. The summed E-state index contributed by atoms with van der Waals surface area (Å²) in [5.74, 6) is -0.160. The molecule has 0 aromatic carbocycles. The molecule has 0 aromatic rings. The van der Waals surface area contributed by atoms with Gasteiger partial charge in [-0.05, 0) is 39.0 Å². The van der Waals surface area contributed by atoms with Gasteiger partial charge in [-0.1, -0.05) is 20.3 Å². The van der Waals surface area contributed by atoms with Gasteiger partial charge in [0.05, 0.1) is 5.60 Å². The highest BCUT2D eigenvalue weighted by Gasteiger charge is 2.22. The van der Waals surface area contributed by atoms with Gasteiger partial charge in [0, 0.05) is 38.1 Å². The van der Waals surface area contributed by atoms with Crippen molar-refractivity contribution < 1.29 is 23.9 Å². The second kappa shape index (κ2) is 13.2. The van der Waals surface area contributed by atoms with E-state index >= 15 is 0 Å². The lowest BCUT2D eigenvalue weighted by molar-refractivity contribution is -0.137. The molecule has 27 heavy (non-hydrogen) atoms. The van der Waals surface area contributed by atoms with E-state index in [2.05, 4.69) is 13.8 Å². The van der Waals surface area contributed by atoms with E-state index in [0.717, 1.165) is 25.7 Å². The molecule has 0 unspecified atom stereocenters. The van der Waals surface area contributed by atoms with E-state index in [1.165, 1.54) is 17.1 Å². The first kappa shape index (κ1) is 25.0. The summed E-state index contributed by atoms with van der Waals surface area (Å²) in [6.45, 7) is 9.39. The smallest absolute Gasteiger partial charge is 0.253 e. The van der Waals surface area contributed by atoms with Gasteiger partial charge in [-0.3, -0.25) is 19.3 Å². The van der Waals surface area contributed by atoms with Crippen molar-refractivity contribution >= 4 is 24.0 Å². The number of carbonyl (C=O) groups is 4. The lowest BCUT2D eigenvalue weighted by Crippen LogP contribution is -2.30. The molecule has 1 heterocycles. The van der Waals surface area contributed by atoms with Crippen LogP contribution in [0.5, 0.6) is 0 Å². The Bertz CT molecular complexity index is 508. The minimum atomic E-state index is -0.315. The zero-order chi connectivity index (χ0) is 20.9. The van der Waals surface area contributed by atoms with E-state index in [1.54, 1.807) is 0 Å². The minimum absolute atomic E-state index is 0.255. The number of imide groups is 1. The molecular formula is C20H34N2O5. The fraction of sp³-hybridized carbons (Fsp3) is 0.700. The maximum Gasteiger partial charge on any atom is 0.253 e. The number of hydrogen-bond acceptors (Lipinski definition) is 5. The predicted molar refractivity (Wildman–Crippen MR) is 104 cm³/mol. The summed E-state index contributed by atoms with van der Waals surface area (Å²) in [5, 5.41) is 0. The first-order valence-electron chi connectivity index (χ1n) is 9.48. The van der Waals surface area contributed by atoms with E-state index < -0.39 is 0 Å². The zero-order valence-corrected chi connectivity index (χ0v) is 17.0. The van der Waals surface area contributed by atoms with Crippen LogP contribution in [-0.4, -0.2) is 47.7 Å². The number of ether oxygens (including phenoxy) is 1. The highest BCUT2D eigenvalue weighted by molar-refractivity contribution is 6.12. The number of hydrogen-bond donors (Lipinski definition) is 1. The van der Waals surface area contributed by atoms with Crippen LogP contribution in [0.2, 0.25) is 0 Å². The summed E-state index contributed by atoms with van der Waals surface area (Å²) in [6, 6.07) is 0. The van der Waals surface area contributed by atoms with Crippen molar-refractivity contribution in [3.05, 3.63) is 12.2 Å². The molecule has 0 saturated heterocycles. The lowest BCUT2D eigenvalue weighted by atomic mass is 10.1. The molecule has 1 rings (SSSR count). The van der Waals surface area contributed by atoms with Crippen molar-refractivity contribution in [2.24, 2.45) is 11.7 Å². The van der Waals surface area contributed by atoms with Crippen LogP contribution >= 0.6 is 0 Å². The maximum atomic E-state index is 11.1. The van der Waals surface area contributed by atoms with Gasteiger partial charge >= 0.3 is 0 Å². The van der Waals surface area contributed by atoms with Gasteiger partial charge in [-0.2, -0.15) is 0 Å². The molecule has 0 saturated carbocycles. The molecule has 2 N–H and O–H groups in total. The molecule has 3 amide bonds. The Morgan fingerprint density at radius 3 is 2.26 bits per heavy atom. The normalized spacial score (nSPS) is 13.7. The van der Waals surface area contributed by atoms with E-state index in [0.29, 0.717) is 38.1 Å². The molecule has 7 nitrogen and oxygen atoms in total. The van der Waals surface area contributed by atoms with Gasteiger partial charge in [0.2, 0.25) is 5.91 Å². The number of nitrogens with two attached hydrogens (primary N) is 1. The first-order chi connectivity index (χ1) is 12.6. The number of nitrogens with zero attached hydrogens (tertiary/aromatic N) is 1. The highest BCUT2D eigenvalue weighted by Crippen LogP contribution is 2.14. The molecular weight excluding hydrogens is 348 g/mol. The van der Waals surface area contributed by atoms with Crippen molar-refractivity contribution in [3.63, 3.8) is 0 Å². The van der Waals surface area contributed by atoms with Crippen LogP contribution in [0.1, 0.15) is 66.2 Å². The molecule has 0 atom stereocenters. The largest absolute Gasteiger partial charge is 0.375 e. The average Bonchev–Trinajstić information content (AvgIpc) is 2.86. The highest BCUT2D eigenvalue weighted by atomic mass is 16.5. The number of amides is 3. The Morgan fingerprint density at radius 1 is 1.19 bits per heavy atom. The molecule has 0 aromatic heterocycles. The predicted octanol–water partition coefficient (Wildman–Crippen LogP) is 2.37. The minimum Gasteiger partial charge on any atom is -0.375 e. The van der Waals surface area contributed by atoms with Gasteiger partial charge in [-0.15, -0.1) is 0 Å². The zero-order valence-electron chi connectivity index (χ0n) is 17.0. The third-order valence-electron chi connectivity index (χ3n) is 3.97. The Kier molecular flexibility index (Phi) is 12.2. The number of rotatable bonds is 12. The van der Waals surface area contributed by atoms with Crippen molar-refractivity contribution in [2.45, 2.75) is 71.8 Å². The molecule has 0 radical (unpaired) electrons. The summed E-state index contributed by atoms with van der Waals surface area (Å²) in [7, 11) is 0. The van der Waals surface area contributed by atoms with Crippen LogP contribution in [0.4, 0.5) is 0 Å². The van der Waals surface area contributed by atoms with Gasteiger partial charge in [-0.25, -0.2) is 0 Å². The van der Waals surface area contributed by atoms with Gasteiger partial charge in [0.15, 0.2) is 0 Å². The van der Waals surface area contributed by atoms with E-state index in [1.807, 2.05) is 13.8 Å². The number of unbranched alkanes of at least 4 members (excludes halogenated alkanes) is 2. The lowest BCUT2D eigenvalue weighted by Gasteiger charge is -2.23. The van der Waals surface area contributed by atoms with Gasteiger partial charge < -0.3 is 15.3 Å². The molecule has 154 valence electrons. The molecule has 1 aliphatic heterocycles. The Hall–Kier alpha value is -2.02. The van der Waals surface area contributed by atoms with Crippen LogP contribution in [0.3, 0.4) is 0 Å². The molecule has 0 spiro atoms. The fourth-order valence-corrected chi connectivity index (χ4v) is 2.23. The molecule has 1 aliphatic rings. The summed E-state index contributed by atoms with van der Waals surface area (Å²) in [5.41, 5.74) is 4.69. The maximum absolute atomic E-state index is 11.1. The fourth-order valence-electron chi connectivity index (χ4n) is 2.23. The molecule has 0 bridgehead atoms. The SMILES string of the molecule is CC(C)CCOC(C)(C)CC=O.NC(=O)CCCCCN1C(=O)C=CC1=O. The van der Waals surface area contributed by atoms with Crippen LogP contribution in [0.15, 0.2) is 12.2 Å². The van der Waals surface area contributed by atoms with Crippen LogP contribution < -0.4 is 5.73 Å². The van der Waals surface area contributed by atoms with Gasteiger partial charge in [0.1, 0.15) is 6.29 Å². The summed E-state index contributed by atoms with van der Waals surface area (Å²) in [4.78, 5) is 44.1. The first-order valence-corrected chi connectivity index (χ1v) is 9.48.